The summed E-state index contributed by atoms with van der Waals surface area (Å²) in [7, 11) is 0. The average Bonchev–Trinajstić information content (AvgIpc) is 2.38. The number of nitrogens with zero attached hydrogens (tertiary/aromatic N) is 1. The lowest BCUT2D eigenvalue weighted by Gasteiger charge is -2.47. The van der Waals surface area contributed by atoms with E-state index in [2.05, 4.69) is 20.8 Å². The van der Waals surface area contributed by atoms with Gasteiger partial charge in [0.25, 0.3) is 0 Å². The maximum atomic E-state index is 11.7. The molecule has 2 atom stereocenters. The number of hydrogen-bond acceptors (Lipinski definition) is 3. The van der Waals surface area contributed by atoms with Gasteiger partial charge in [0.05, 0.1) is 13.0 Å². The molecule has 102 valence electrons. The Labute approximate surface area is 109 Å². The van der Waals surface area contributed by atoms with E-state index < -0.39 is 0 Å². The van der Waals surface area contributed by atoms with Gasteiger partial charge in [-0.05, 0) is 30.1 Å². The molecule has 1 saturated heterocycles. The molecule has 0 radical (unpaired) electrons. The molecule has 4 nitrogen and oxygen atoms in total. The Bertz CT molecular complexity index is 378. The molecule has 2 unspecified atom stereocenters. The molecule has 1 saturated carbocycles. The van der Waals surface area contributed by atoms with E-state index >= 15 is 0 Å². The number of carbonyl (C=O) groups excluding carboxylic acids is 2. The van der Waals surface area contributed by atoms with Gasteiger partial charge in [-0.2, -0.15) is 0 Å². The summed E-state index contributed by atoms with van der Waals surface area (Å²) in [5.74, 6) is 0.0288. The van der Waals surface area contributed by atoms with Crippen LogP contribution in [0.2, 0.25) is 0 Å². The average molecular weight is 252 g/mol. The van der Waals surface area contributed by atoms with Gasteiger partial charge in [0.2, 0.25) is 5.91 Å². The lowest BCUT2D eigenvalue weighted by atomic mass is 9.62. The number of rotatable bonds is 2. The number of ketones is 1. The van der Waals surface area contributed by atoms with Crippen molar-refractivity contribution in [2.45, 2.75) is 52.5 Å². The van der Waals surface area contributed by atoms with Crippen molar-refractivity contribution in [2.75, 3.05) is 13.1 Å². The number of carbonyl (C=O) groups is 2. The SMILES string of the molecule is CC1(C)CC(N)CC(C)(CN2CC(=O)CC2=O)C1. The van der Waals surface area contributed by atoms with Gasteiger partial charge in [0.15, 0.2) is 5.78 Å². The van der Waals surface area contributed by atoms with Gasteiger partial charge in [0.1, 0.15) is 0 Å². The van der Waals surface area contributed by atoms with Crippen LogP contribution in [0.4, 0.5) is 0 Å². The number of Topliss-reactive ketones (excluding diaryl/α,β-unsaturated/α-hetero) is 1. The molecule has 1 aliphatic heterocycles. The van der Waals surface area contributed by atoms with E-state index in [0.717, 1.165) is 19.3 Å². The molecule has 0 spiro atoms. The zero-order chi connectivity index (χ0) is 13.6. The lowest BCUT2D eigenvalue weighted by molar-refractivity contribution is -0.129. The zero-order valence-corrected chi connectivity index (χ0v) is 11.7. The maximum Gasteiger partial charge on any atom is 0.230 e. The predicted octanol–water partition coefficient (Wildman–Crippen LogP) is 1.33. The molecule has 0 bridgehead atoms. The van der Waals surface area contributed by atoms with Crippen LogP contribution >= 0.6 is 0 Å². The van der Waals surface area contributed by atoms with Gasteiger partial charge in [0, 0.05) is 12.6 Å². The topological polar surface area (TPSA) is 63.4 Å². The first-order valence-corrected chi connectivity index (χ1v) is 6.74. The molecular weight excluding hydrogens is 228 g/mol. The molecule has 18 heavy (non-hydrogen) atoms. The minimum atomic E-state index is -0.0156. The Balaban J connectivity index is 2.07. The first-order chi connectivity index (χ1) is 8.19. The number of amides is 1. The van der Waals surface area contributed by atoms with E-state index in [-0.39, 0.29) is 35.0 Å². The van der Waals surface area contributed by atoms with Crippen molar-refractivity contribution in [3.8, 4) is 0 Å². The van der Waals surface area contributed by atoms with Crippen LogP contribution in [0.5, 0.6) is 0 Å². The van der Waals surface area contributed by atoms with E-state index in [0.29, 0.717) is 13.1 Å². The highest BCUT2D eigenvalue weighted by atomic mass is 16.2. The molecule has 2 aliphatic rings. The summed E-state index contributed by atoms with van der Waals surface area (Å²) >= 11 is 0. The molecule has 1 amide bonds. The predicted molar refractivity (Wildman–Crippen MR) is 69.9 cm³/mol. The number of likely N-dealkylation sites (tertiary alicyclic amines) is 1. The molecule has 2 N–H and O–H groups in total. The van der Waals surface area contributed by atoms with Gasteiger partial charge >= 0.3 is 0 Å². The van der Waals surface area contributed by atoms with Gasteiger partial charge < -0.3 is 10.6 Å². The highest BCUT2D eigenvalue weighted by Crippen LogP contribution is 2.46. The second kappa shape index (κ2) is 4.34. The fraction of sp³-hybridized carbons (Fsp3) is 0.857. The Kier molecular flexibility index (Phi) is 3.26. The monoisotopic (exact) mass is 252 g/mol. The first-order valence-electron chi connectivity index (χ1n) is 6.74. The number of nitrogens with two attached hydrogens (primary N) is 1. The van der Waals surface area contributed by atoms with Crippen LogP contribution in [0.1, 0.15) is 46.5 Å². The van der Waals surface area contributed by atoms with Crippen molar-refractivity contribution >= 4 is 11.7 Å². The summed E-state index contributed by atoms with van der Waals surface area (Å²) in [5, 5.41) is 0. The van der Waals surface area contributed by atoms with Crippen molar-refractivity contribution < 1.29 is 9.59 Å². The van der Waals surface area contributed by atoms with E-state index in [4.69, 9.17) is 5.73 Å². The van der Waals surface area contributed by atoms with Crippen molar-refractivity contribution in [3.05, 3.63) is 0 Å². The molecule has 2 fully saturated rings. The highest BCUT2D eigenvalue weighted by Gasteiger charge is 2.42. The Morgan fingerprint density at radius 3 is 2.44 bits per heavy atom. The van der Waals surface area contributed by atoms with E-state index in [1.165, 1.54) is 0 Å². The Morgan fingerprint density at radius 2 is 1.94 bits per heavy atom. The normalized spacial score (nSPS) is 36.2. The largest absolute Gasteiger partial charge is 0.334 e. The van der Waals surface area contributed by atoms with Crippen molar-refractivity contribution in [2.24, 2.45) is 16.6 Å². The van der Waals surface area contributed by atoms with Crippen molar-refractivity contribution in [3.63, 3.8) is 0 Å². The van der Waals surface area contributed by atoms with Gasteiger partial charge in [-0.25, -0.2) is 0 Å². The zero-order valence-electron chi connectivity index (χ0n) is 11.7. The fourth-order valence-electron chi connectivity index (χ4n) is 4.08. The summed E-state index contributed by atoms with van der Waals surface area (Å²) in [6.45, 7) is 7.64. The third-order valence-electron chi connectivity index (χ3n) is 4.12. The molecule has 0 aromatic rings. The molecule has 2 rings (SSSR count). The quantitative estimate of drug-likeness (QED) is 0.754. The first kappa shape index (κ1) is 13.5. The van der Waals surface area contributed by atoms with E-state index in [9.17, 15) is 9.59 Å². The Hall–Kier alpha value is -0.900. The van der Waals surface area contributed by atoms with Crippen LogP contribution in [0.3, 0.4) is 0 Å². The van der Waals surface area contributed by atoms with E-state index in [1.807, 2.05) is 0 Å². The van der Waals surface area contributed by atoms with Gasteiger partial charge in [-0.15, -0.1) is 0 Å². The minimum absolute atomic E-state index is 0.0156. The summed E-state index contributed by atoms with van der Waals surface area (Å²) in [6.07, 6.45) is 3.13. The van der Waals surface area contributed by atoms with Crippen LogP contribution < -0.4 is 5.73 Å². The maximum absolute atomic E-state index is 11.7. The highest BCUT2D eigenvalue weighted by molar-refractivity contribution is 6.05. The summed E-state index contributed by atoms with van der Waals surface area (Å²) in [5.41, 5.74) is 6.42. The lowest BCUT2D eigenvalue weighted by Crippen LogP contribution is -2.48. The number of hydrogen-bond donors (Lipinski definition) is 1. The molecule has 1 aliphatic carbocycles. The van der Waals surface area contributed by atoms with Crippen molar-refractivity contribution in [1.29, 1.82) is 0 Å². The third-order valence-corrected chi connectivity index (χ3v) is 4.12. The minimum Gasteiger partial charge on any atom is -0.334 e. The molecule has 0 aromatic heterocycles. The van der Waals surface area contributed by atoms with Crippen LogP contribution in [-0.4, -0.2) is 35.7 Å². The van der Waals surface area contributed by atoms with Crippen LogP contribution in [0.25, 0.3) is 0 Å². The Morgan fingerprint density at radius 1 is 1.28 bits per heavy atom. The van der Waals surface area contributed by atoms with Gasteiger partial charge in [-0.1, -0.05) is 20.8 Å². The van der Waals surface area contributed by atoms with Crippen LogP contribution in [-0.2, 0) is 9.59 Å². The second-order valence-corrected chi connectivity index (χ2v) is 7.29. The van der Waals surface area contributed by atoms with Crippen LogP contribution in [0, 0.1) is 10.8 Å². The second-order valence-electron chi connectivity index (χ2n) is 7.29. The molecule has 4 heteroatoms. The summed E-state index contributed by atoms with van der Waals surface area (Å²) < 4.78 is 0. The smallest absolute Gasteiger partial charge is 0.230 e. The fourth-order valence-corrected chi connectivity index (χ4v) is 4.08. The van der Waals surface area contributed by atoms with Gasteiger partial charge in [-0.3, -0.25) is 9.59 Å². The third kappa shape index (κ3) is 2.91. The van der Waals surface area contributed by atoms with E-state index in [1.54, 1.807) is 4.90 Å². The summed E-state index contributed by atoms with van der Waals surface area (Å²) in [4.78, 5) is 24.8. The summed E-state index contributed by atoms with van der Waals surface area (Å²) in [6, 6.07) is 0.201. The van der Waals surface area contributed by atoms with Crippen LogP contribution in [0.15, 0.2) is 0 Å². The molecular formula is C14H24N2O2. The molecule has 0 aromatic carbocycles. The standard InChI is InChI=1S/C14H24N2O2/c1-13(2)5-10(15)6-14(3,8-13)9-16-7-11(17)4-12(16)18/h10H,4-9,15H2,1-3H3. The van der Waals surface area contributed by atoms with Crippen molar-refractivity contribution in [1.82, 2.24) is 4.90 Å². The molecule has 1 heterocycles.